The zero-order valence-corrected chi connectivity index (χ0v) is 11.3. The quantitative estimate of drug-likeness (QED) is 0.864. The van der Waals surface area contributed by atoms with E-state index in [-0.39, 0.29) is 11.5 Å². The van der Waals surface area contributed by atoms with Crippen LogP contribution in [0.15, 0.2) is 11.7 Å². The first kappa shape index (κ1) is 13.6. The lowest BCUT2D eigenvalue weighted by Gasteiger charge is -2.34. The predicted octanol–water partition coefficient (Wildman–Crippen LogP) is 2.50. The van der Waals surface area contributed by atoms with Crippen LogP contribution < -0.4 is 0 Å². The molecular formula is C12H21NO2S. The minimum Gasteiger partial charge on any atom is -0.390 e. The van der Waals surface area contributed by atoms with Crippen LogP contribution in [-0.4, -0.2) is 28.9 Å². The van der Waals surface area contributed by atoms with Gasteiger partial charge in [0.15, 0.2) is 0 Å². The summed E-state index contributed by atoms with van der Waals surface area (Å²) in [5.74, 6) is 0. The monoisotopic (exact) mass is 243 g/mol. The molecular weight excluding hydrogens is 222 g/mol. The van der Waals surface area contributed by atoms with Gasteiger partial charge in [-0.05, 0) is 12.3 Å². The summed E-state index contributed by atoms with van der Waals surface area (Å²) in [5, 5.41) is 10.2. The van der Waals surface area contributed by atoms with Gasteiger partial charge in [-0.25, -0.2) is 0 Å². The third-order valence-electron chi connectivity index (χ3n) is 2.44. The van der Waals surface area contributed by atoms with Crippen molar-refractivity contribution >= 4 is 11.3 Å². The van der Waals surface area contributed by atoms with Crippen LogP contribution in [0.1, 0.15) is 32.6 Å². The molecule has 0 aromatic carbocycles. The Morgan fingerprint density at radius 1 is 1.50 bits per heavy atom. The molecule has 2 atom stereocenters. The summed E-state index contributed by atoms with van der Waals surface area (Å²) in [6.45, 7) is 8.84. The van der Waals surface area contributed by atoms with Crippen molar-refractivity contribution in [1.29, 1.82) is 0 Å². The first-order valence-corrected chi connectivity index (χ1v) is 6.50. The van der Waals surface area contributed by atoms with Crippen LogP contribution in [0, 0.1) is 5.41 Å². The van der Waals surface area contributed by atoms with E-state index < -0.39 is 6.10 Å². The van der Waals surface area contributed by atoms with E-state index in [0.29, 0.717) is 13.0 Å². The first-order chi connectivity index (χ1) is 7.45. The first-order valence-electron chi connectivity index (χ1n) is 5.62. The Bertz CT molecular complexity index is 292. The SMILES string of the molecule is CCOC(C(O)Cc1cncs1)C(C)(C)C. The second-order valence-corrected chi connectivity index (χ2v) is 5.95. The Kier molecular flexibility index (Phi) is 4.89. The normalized spacial score (nSPS) is 16.1. The predicted molar refractivity (Wildman–Crippen MR) is 66.7 cm³/mol. The van der Waals surface area contributed by atoms with Crippen LogP contribution in [-0.2, 0) is 11.2 Å². The third kappa shape index (κ3) is 3.85. The van der Waals surface area contributed by atoms with Crippen LogP contribution in [0.25, 0.3) is 0 Å². The van der Waals surface area contributed by atoms with Crippen LogP contribution in [0.3, 0.4) is 0 Å². The highest BCUT2D eigenvalue weighted by Crippen LogP contribution is 2.27. The van der Waals surface area contributed by atoms with E-state index in [1.54, 1.807) is 23.0 Å². The topological polar surface area (TPSA) is 42.4 Å². The summed E-state index contributed by atoms with van der Waals surface area (Å²) in [6, 6.07) is 0. The van der Waals surface area contributed by atoms with Crippen LogP contribution >= 0.6 is 11.3 Å². The molecule has 1 aromatic rings. The van der Waals surface area contributed by atoms with E-state index in [9.17, 15) is 5.11 Å². The molecule has 4 heteroatoms. The number of hydrogen-bond acceptors (Lipinski definition) is 4. The second kappa shape index (κ2) is 5.75. The fourth-order valence-electron chi connectivity index (χ4n) is 1.77. The van der Waals surface area contributed by atoms with Gasteiger partial charge in [-0.15, -0.1) is 11.3 Å². The van der Waals surface area contributed by atoms with Gasteiger partial charge in [-0.3, -0.25) is 4.98 Å². The number of thiazole rings is 1. The standard InChI is InChI=1S/C12H21NO2S/c1-5-15-11(12(2,3)4)10(14)6-9-7-13-8-16-9/h7-8,10-11,14H,5-6H2,1-4H3. The van der Waals surface area contributed by atoms with Crippen molar-refractivity contribution in [1.82, 2.24) is 4.98 Å². The summed E-state index contributed by atoms with van der Waals surface area (Å²) in [5.41, 5.74) is 1.73. The molecule has 1 aromatic heterocycles. The smallest absolute Gasteiger partial charge is 0.0885 e. The van der Waals surface area contributed by atoms with Gasteiger partial charge < -0.3 is 9.84 Å². The number of ether oxygens (including phenoxy) is 1. The molecule has 0 aliphatic carbocycles. The van der Waals surface area contributed by atoms with E-state index >= 15 is 0 Å². The maximum absolute atomic E-state index is 10.2. The lowest BCUT2D eigenvalue weighted by atomic mass is 9.84. The van der Waals surface area contributed by atoms with E-state index in [2.05, 4.69) is 25.8 Å². The summed E-state index contributed by atoms with van der Waals surface area (Å²) in [7, 11) is 0. The van der Waals surface area contributed by atoms with Gasteiger partial charge in [0.25, 0.3) is 0 Å². The van der Waals surface area contributed by atoms with Crippen molar-refractivity contribution in [2.75, 3.05) is 6.61 Å². The number of aliphatic hydroxyl groups is 1. The molecule has 0 fully saturated rings. The molecule has 92 valence electrons. The average Bonchev–Trinajstić information content (AvgIpc) is 2.64. The fraction of sp³-hybridized carbons (Fsp3) is 0.750. The van der Waals surface area contributed by atoms with Crippen LogP contribution in [0.5, 0.6) is 0 Å². The molecule has 16 heavy (non-hydrogen) atoms. The summed E-state index contributed by atoms with van der Waals surface area (Å²) in [4.78, 5) is 5.11. The number of rotatable bonds is 5. The maximum atomic E-state index is 10.2. The van der Waals surface area contributed by atoms with Gasteiger partial charge in [0.2, 0.25) is 0 Å². The van der Waals surface area contributed by atoms with Gasteiger partial charge in [-0.2, -0.15) is 0 Å². The van der Waals surface area contributed by atoms with Crippen molar-refractivity contribution in [3.63, 3.8) is 0 Å². The van der Waals surface area contributed by atoms with Crippen molar-refractivity contribution in [3.05, 3.63) is 16.6 Å². The molecule has 2 unspecified atom stereocenters. The third-order valence-corrected chi connectivity index (χ3v) is 3.24. The van der Waals surface area contributed by atoms with E-state index in [0.717, 1.165) is 4.88 Å². The summed E-state index contributed by atoms with van der Waals surface area (Å²) < 4.78 is 5.65. The van der Waals surface area contributed by atoms with E-state index in [1.165, 1.54) is 0 Å². The summed E-state index contributed by atoms with van der Waals surface area (Å²) in [6.07, 6.45) is 1.81. The number of aliphatic hydroxyl groups excluding tert-OH is 1. The molecule has 0 saturated heterocycles. The molecule has 0 bridgehead atoms. The summed E-state index contributed by atoms with van der Waals surface area (Å²) >= 11 is 1.57. The zero-order chi connectivity index (χ0) is 12.2. The molecule has 0 radical (unpaired) electrons. The van der Waals surface area contributed by atoms with Crippen molar-refractivity contribution < 1.29 is 9.84 Å². The van der Waals surface area contributed by atoms with Gasteiger partial charge in [-0.1, -0.05) is 20.8 Å². The molecule has 1 N–H and O–H groups in total. The zero-order valence-electron chi connectivity index (χ0n) is 10.4. The Morgan fingerprint density at radius 2 is 2.19 bits per heavy atom. The Balaban J connectivity index is 2.64. The van der Waals surface area contributed by atoms with Gasteiger partial charge in [0, 0.05) is 24.1 Å². The minimum atomic E-state index is -0.472. The van der Waals surface area contributed by atoms with Crippen LogP contribution in [0.2, 0.25) is 0 Å². The number of nitrogens with zero attached hydrogens (tertiary/aromatic N) is 1. The largest absolute Gasteiger partial charge is 0.390 e. The van der Waals surface area contributed by atoms with Gasteiger partial charge >= 0.3 is 0 Å². The number of aromatic nitrogens is 1. The lowest BCUT2D eigenvalue weighted by molar-refractivity contribution is -0.0871. The molecule has 0 spiro atoms. The lowest BCUT2D eigenvalue weighted by Crippen LogP contribution is -2.41. The van der Waals surface area contributed by atoms with Crippen molar-refractivity contribution in [2.45, 2.75) is 46.3 Å². The minimum absolute atomic E-state index is 0.0554. The maximum Gasteiger partial charge on any atom is 0.0885 e. The molecule has 1 heterocycles. The highest BCUT2D eigenvalue weighted by atomic mass is 32.1. The van der Waals surface area contributed by atoms with Crippen LogP contribution in [0.4, 0.5) is 0 Å². The fourth-order valence-corrected chi connectivity index (χ4v) is 2.42. The molecule has 0 aliphatic heterocycles. The van der Waals surface area contributed by atoms with Crippen molar-refractivity contribution in [3.8, 4) is 0 Å². The Hall–Kier alpha value is -0.450. The van der Waals surface area contributed by atoms with E-state index in [4.69, 9.17) is 4.74 Å². The highest BCUT2D eigenvalue weighted by molar-refractivity contribution is 7.09. The van der Waals surface area contributed by atoms with Crippen molar-refractivity contribution in [2.24, 2.45) is 5.41 Å². The molecule has 0 saturated carbocycles. The highest BCUT2D eigenvalue weighted by Gasteiger charge is 2.32. The molecule has 3 nitrogen and oxygen atoms in total. The van der Waals surface area contributed by atoms with E-state index in [1.807, 2.05) is 6.92 Å². The second-order valence-electron chi connectivity index (χ2n) is 4.98. The Labute approximate surface area is 101 Å². The molecule has 0 amide bonds. The Morgan fingerprint density at radius 3 is 2.62 bits per heavy atom. The molecule has 0 aliphatic rings. The van der Waals surface area contributed by atoms with Gasteiger partial charge in [0.05, 0.1) is 17.7 Å². The number of hydrogen-bond donors (Lipinski definition) is 1. The molecule has 1 rings (SSSR count). The average molecular weight is 243 g/mol. The van der Waals surface area contributed by atoms with Gasteiger partial charge in [0.1, 0.15) is 0 Å².